The average molecular weight is 451 g/mol. The minimum Gasteiger partial charge on any atom is -0.508 e. The molecule has 2 saturated carbocycles. The Kier molecular flexibility index (Phi) is 5.98. The summed E-state index contributed by atoms with van der Waals surface area (Å²) in [7, 11) is 0. The normalized spacial score (nSPS) is 35.0. The highest BCUT2D eigenvalue weighted by molar-refractivity contribution is 5.87. The van der Waals surface area contributed by atoms with Gasteiger partial charge >= 0.3 is 6.18 Å². The van der Waals surface area contributed by atoms with Crippen LogP contribution in [0.3, 0.4) is 0 Å². The topological polar surface area (TPSA) is 57.5 Å². The Morgan fingerprint density at radius 2 is 2.03 bits per heavy atom. The quantitative estimate of drug-likeness (QED) is 0.408. The number of carbonyl (C=O) groups excluding carboxylic acids is 1. The number of aromatic hydroxyl groups is 1. The lowest BCUT2D eigenvalue weighted by Gasteiger charge is -2.59. The van der Waals surface area contributed by atoms with Crippen molar-refractivity contribution in [1.82, 2.24) is 0 Å². The molecule has 0 saturated heterocycles. The highest BCUT2D eigenvalue weighted by Gasteiger charge is 2.63. The molecule has 0 unspecified atom stereocenters. The Morgan fingerprint density at radius 1 is 1.28 bits per heavy atom. The van der Waals surface area contributed by atoms with E-state index in [9.17, 15) is 28.2 Å². The summed E-state index contributed by atoms with van der Waals surface area (Å²) in [6.45, 7) is 6.31. The molecule has 6 atom stereocenters. The number of rotatable bonds is 6. The maximum absolute atomic E-state index is 13.0. The van der Waals surface area contributed by atoms with Gasteiger partial charge in [0.15, 0.2) is 0 Å². The predicted octanol–water partition coefficient (Wildman–Crippen LogP) is 6.08. The Hall–Kier alpha value is -1.82. The first kappa shape index (κ1) is 23.3. The average Bonchev–Trinajstić information content (AvgIpc) is 3.04. The molecule has 0 heterocycles. The van der Waals surface area contributed by atoms with E-state index in [1.807, 2.05) is 12.1 Å². The fourth-order valence-corrected chi connectivity index (χ4v) is 7.39. The van der Waals surface area contributed by atoms with Crippen LogP contribution in [0.5, 0.6) is 5.75 Å². The molecule has 2 fully saturated rings. The van der Waals surface area contributed by atoms with Crippen LogP contribution in [-0.2, 0) is 11.2 Å². The van der Waals surface area contributed by atoms with Crippen LogP contribution in [0.4, 0.5) is 13.2 Å². The number of allylic oxidation sites excluding steroid dienone is 1. The smallest absolute Gasteiger partial charge is 0.414 e. The van der Waals surface area contributed by atoms with Gasteiger partial charge < -0.3 is 10.2 Å². The van der Waals surface area contributed by atoms with Crippen molar-refractivity contribution < 1.29 is 28.2 Å². The molecule has 0 amide bonds. The van der Waals surface area contributed by atoms with E-state index >= 15 is 0 Å². The number of hydrogen-bond donors (Lipinski definition) is 2. The molecule has 6 heteroatoms. The number of unbranched alkanes of at least 4 members (excludes halogenated alkanes) is 1. The fraction of sp³-hybridized carbons (Fsp3) is 0.654. The first-order valence-electron chi connectivity index (χ1n) is 11.8. The van der Waals surface area contributed by atoms with E-state index in [-0.39, 0.29) is 35.3 Å². The van der Waals surface area contributed by atoms with Gasteiger partial charge in [0.2, 0.25) is 0 Å². The van der Waals surface area contributed by atoms with Gasteiger partial charge in [-0.15, -0.1) is 6.58 Å². The van der Waals surface area contributed by atoms with Crippen LogP contribution in [0.1, 0.15) is 75.3 Å². The van der Waals surface area contributed by atoms with Crippen molar-refractivity contribution in [3.05, 3.63) is 42.0 Å². The molecule has 176 valence electrons. The van der Waals surface area contributed by atoms with Crippen LogP contribution in [0.2, 0.25) is 0 Å². The summed E-state index contributed by atoms with van der Waals surface area (Å²) in [6.07, 6.45) is 0.344. The van der Waals surface area contributed by atoms with E-state index < -0.39 is 17.7 Å². The molecule has 0 radical (unpaired) electrons. The number of phenols is 1. The van der Waals surface area contributed by atoms with E-state index in [2.05, 4.69) is 19.6 Å². The Bertz CT molecular complexity index is 895. The van der Waals surface area contributed by atoms with Crippen LogP contribution < -0.4 is 0 Å². The Balaban J connectivity index is 1.64. The number of phenolic OH excluding ortho intramolecular Hbond substituents is 1. The highest BCUT2D eigenvalue weighted by Crippen LogP contribution is 2.68. The van der Waals surface area contributed by atoms with Gasteiger partial charge in [0, 0.05) is 11.8 Å². The monoisotopic (exact) mass is 450 g/mol. The number of halogens is 3. The summed E-state index contributed by atoms with van der Waals surface area (Å²) in [5.41, 5.74) is 1.67. The maximum Gasteiger partial charge on any atom is 0.414 e. The number of carbonyl (C=O) groups is 1. The largest absolute Gasteiger partial charge is 0.508 e. The van der Waals surface area contributed by atoms with Gasteiger partial charge in [-0.05, 0) is 85.0 Å². The van der Waals surface area contributed by atoms with E-state index in [4.69, 9.17) is 0 Å². The van der Waals surface area contributed by atoms with Crippen LogP contribution in [0.25, 0.3) is 0 Å². The molecular weight excluding hydrogens is 417 g/mol. The molecule has 3 aliphatic rings. The molecular formula is C26H33F3O3. The molecule has 0 bridgehead atoms. The lowest BCUT2D eigenvalue weighted by molar-refractivity contribution is -0.205. The van der Waals surface area contributed by atoms with Crippen molar-refractivity contribution in [2.24, 2.45) is 22.7 Å². The van der Waals surface area contributed by atoms with Crippen LogP contribution in [-0.4, -0.2) is 28.3 Å². The van der Waals surface area contributed by atoms with Gasteiger partial charge in [-0.3, -0.25) is 4.79 Å². The lowest BCUT2D eigenvalue weighted by atomic mass is 9.44. The summed E-state index contributed by atoms with van der Waals surface area (Å²) in [5.74, 6) is 1.04. The molecule has 3 nitrogen and oxygen atoms in total. The van der Waals surface area contributed by atoms with Crippen LogP contribution >= 0.6 is 0 Å². The number of aryl methyl sites for hydroxylation is 1. The highest BCUT2D eigenvalue weighted by atomic mass is 19.4. The standard InChI is InChI=1S/C26H33F3O3/c1-3-25-13-12-16-14-18(30)8-9-19(16)23(25)17(6-4-5-7-22(32)26(27,28)29)15-24(2)20(25)10-11-21(24)31/h3,8-9,14,17,20,22-23,30,32H,1,4-7,10-13,15H2,2H3/t17-,20+,22+,23+,24-,25-/m0/s1. The Morgan fingerprint density at radius 3 is 2.72 bits per heavy atom. The number of alkyl halides is 3. The zero-order valence-electron chi connectivity index (χ0n) is 18.6. The van der Waals surface area contributed by atoms with E-state index in [1.54, 1.807) is 6.07 Å². The minimum atomic E-state index is -4.58. The van der Waals surface area contributed by atoms with Gasteiger partial charge in [-0.25, -0.2) is 0 Å². The van der Waals surface area contributed by atoms with E-state index in [0.29, 0.717) is 31.5 Å². The summed E-state index contributed by atoms with van der Waals surface area (Å²) >= 11 is 0. The maximum atomic E-state index is 13.0. The lowest BCUT2D eigenvalue weighted by Crippen LogP contribution is -2.53. The van der Waals surface area contributed by atoms with Crippen LogP contribution in [0, 0.1) is 22.7 Å². The third kappa shape index (κ3) is 3.68. The molecule has 3 aliphatic carbocycles. The van der Waals surface area contributed by atoms with Crippen molar-refractivity contribution in [2.75, 3.05) is 0 Å². The fourth-order valence-electron chi connectivity index (χ4n) is 7.39. The zero-order valence-corrected chi connectivity index (χ0v) is 18.6. The Labute approximate surface area is 187 Å². The van der Waals surface area contributed by atoms with Crippen LogP contribution in [0.15, 0.2) is 30.9 Å². The molecule has 4 rings (SSSR count). The van der Waals surface area contributed by atoms with Gasteiger partial charge in [0.05, 0.1) is 0 Å². The van der Waals surface area contributed by atoms with Crippen molar-refractivity contribution >= 4 is 5.78 Å². The van der Waals surface area contributed by atoms with E-state index in [1.165, 1.54) is 5.56 Å². The number of aliphatic hydroxyl groups excluding tert-OH is 1. The van der Waals surface area contributed by atoms with Crippen molar-refractivity contribution in [2.45, 2.75) is 82.9 Å². The second kappa shape index (κ2) is 8.19. The first-order valence-corrected chi connectivity index (χ1v) is 11.8. The molecule has 32 heavy (non-hydrogen) atoms. The summed E-state index contributed by atoms with van der Waals surface area (Å²) in [5, 5.41) is 19.3. The number of Topliss-reactive ketones (excluding diaryl/α,β-unsaturated/α-hetero) is 1. The second-order valence-electron chi connectivity index (χ2n) is 10.4. The third-order valence-electron chi connectivity index (χ3n) is 8.80. The molecule has 0 spiro atoms. The number of hydrogen-bond acceptors (Lipinski definition) is 3. The molecule has 0 aliphatic heterocycles. The van der Waals surface area contributed by atoms with Gasteiger partial charge in [-0.1, -0.05) is 31.9 Å². The van der Waals surface area contributed by atoms with Gasteiger partial charge in [-0.2, -0.15) is 13.2 Å². The van der Waals surface area contributed by atoms with Crippen molar-refractivity contribution in [1.29, 1.82) is 0 Å². The van der Waals surface area contributed by atoms with Gasteiger partial charge in [0.25, 0.3) is 0 Å². The number of fused-ring (bicyclic) bond motifs is 5. The summed E-state index contributed by atoms with van der Waals surface area (Å²) in [4.78, 5) is 13.0. The summed E-state index contributed by atoms with van der Waals surface area (Å²) in [6, 6.07) is 5.53. The first-order chi connectivity index (χ1) is 15.0. The number of ketones is 1. The molecule has 2 N–H and O–H groups in total. The second-order valence-corrected chi connectivity index (χ2v) is 10.4. The van der Waals surface area contributed by atoms with Crippen molar-refractivity contribution in [3.63, 3.8) is 0 Å². The minimum absolute atomic E-state index is 0.140. The van der Waals surface area contributed by atoms with Crippen molar-refractivity contribution in [3.8, 4) is 5.75 Å². The zero-order chi connectivity index (χ0) is 23.3. The summed E-state index contributed by atoms with van der Waals surface area (Å²) < 4.78 is 38.0. The number of benzene rings is 1. The third-order valence-corrected chi connectivity index (χ3v) is 8.80. The van der Waals surface area contributed by atoms with Gasteiger partial charge in [0.1, 0.15) is 17.6 Å². The molecule has 1 aromatic carbocycles. The number of aliphatic hydroxyl groups is 1. The SMILES string of the molecule is C=C[C@@]12CCc3cc(O)ccc3[C@H]1[C@@H](CCCC[C@@H](O)C(F)(F)F)C[C@]1(C)C(=O)CC[C@@H]21. The molecule has 1 aromatic rings. The predicted molar refractivity (Wildman–Crippen MR) is 116 cm³/mol. The molecule has 0 aromatic heterocycles. The van der Waals surface area contributed by atoms with E-state index in [0.717, 1.165) is 31.2 Å².